The molecule has 0 aliphatic rings. The summed E-state index contributed by atoms with van der Waals surface area (Å²) in [5.74, 6) is -1.85. The molecule has 0 heterocycles. The van der Waals surface area contributed by atoms with E-state index in [4.69, 9.17) is 5.26 Å². The monoisotopic (exact) mass is 322 g/mol. The molecule has 2 atom stereocenters. The van der Waals surface area contributed by atoms with Crippen LogP contribution >= 0.6 is 0 Å². The number of amides is 1. The lowest BCUT2D eigenvalue weighted by molar-refractivity contribution is -0.131. The van der Waals surface area contributed by atoms with Gasteiger partial charge in [-0.2, -0.15) is 5.26 Å². The maximum Gasteiger partial charge on any atom is 0.245 e. The van der Waals surface area contributed by atoms with Crippen molar-refractivity contribution in [2.45, 2.75) is 13.0 Å². The van der Waals surface area contributed by atoms with Crippen LogP contribution in [0.4, 0.5) is 0 Å². The van der Waals surface area contributed by atoms with Crippen LogP contribution in [0, 0.1) is 17.2 Å². The van der Waals surface area contributed by atoms with Gasteiger partial charge in [-0.25, -0.2) is 12.7 Å². The molecule has 0 spiro atoms. The predicted molar refractivity (Wildman–Crippen MR) is 82.0 cm³/mol. The highest BCUT2D eigenvalue weighted by molar-refractivity contribution is 7.88. The van der Waals surface area contributed by atoms with Gasteiger partial charge in [0.2, 0.25) is 15.9 Å². The first-order chi connectivity index (χ1) is 10.1. The number of hydrogen-bond donors (Lipinski definition) is 1. The van der Waals surface area contributed by atoms with Crippen LogP contribution in [0.15, 0.2) is 36.4 Å². The second-order valence-electron chi connectivity index (χ2n) is 5.07. The lowest BCUT2D eigenvalue weighted by atomic mass is 9.89. The molecular weight excluding hydrogens is 304 g/mol. The highest BCUT2D eigenvalue weighted by Crippen LogP contribution is 2.29. The Labute approximate surface area is 130 Å². The lowest BCUT2D eigenvalue weighted by Crippen LogP contribution is -2.39. The van der Waals surface area contributed by atoms with Crippen LogP contribution < -0.4 is 0 Å². The van der Waals surface area contributed by atoms with Crippen molar-refractivity contribution in [1.82, 2.24) is 4.31 Å². The van der Waals surface area contributed by atoms with Crippen molar-refractivity contribution in [2.75, 3.05) is 13.3 Å². The average Bonchev–Trinajstić information content (AvgIpc) is 2.45. The van der Waals surface area contributed by atoms with E-state index >= 15 is 0 Å². The van der Waals surface area contributed by atoms with Crippen LogP contribution in [-0.4, -0.2) is 37.0 Å². The van der Waals surface area contributed by atoms with Crippen molar-refractivity contribution in [3.63, 3.8) is 0 Å². The minimum absolute atomic E-state index is 0.345. The maximum absolute atomic E-state index is 12.3. The van der Waals surface area contributed by atoms with Crippen molar-refractivity contribution in [3.05, 3.63) is 47.5 Å². The number of hydrogen-bond acceptors (Lipinski definition) is 5. The van der Waals surface area contributed by atoms with E-state index in [0.717, 1.165) is 13.3 Å². The number of sulfonamides is 1. The molecule has 0 saturated carbocycles. The van der Waals surface area contributed by atoms with Gasteiger partial charge in [0, 0.05) is 7.05 Å². The third-order valence-corrected chi connectivity index (χ3v) is 4.48. The van der Waals surface area contributed by atoms with Gasteiger partial charge in [-0.3, -0.25) is 4.79 Å². The van der Waals surface area contributed by atoms with Crippen LogP contribution in [0.1, 0.15) is 24.2 Å². The quantitative estimate of drug-likeness (QED) is 0.821. The van der Waals surface area contributed by atoms with Gasteiger partial charge in [0.05, 0.1) is 29.9 Å². The topological polar surface area (TPSA) is 98.5 Å². The van der Waals surface area contributed by atoms with E-state index < -0.39 is 28.0 Å². The molecule has 0 saturated heterocycles. The molecule has 118 valence electrons. The van der Waals surface area contributed by atoms with Gasteiger partial charge in [0.15, 0.2) is 0 Å². The molecule has 0 fully saturated rings. The zero-order valence-corrected chi connectivity index (χ0v) is 13.5. The lowest BCUT2D eigenvalue weighted by Gasteiger charge is -2.26. The fourth-order valence-electron chi connectivity index (χ4n) is 1.92. The Morgan fingerprint density at radius 1 is 1.36 bits per heavy atom. The normalized spacial score (nSPS) is 13.8. The highest BCUT2D eigenvalue weighted by Gasteiger charge is 2.34. The molecule has 0 radical (unpaired) electrons. The number of nitrogens with zero attached hydrogens (tertiary/aromatic N) is 2. The molecule has 1 aromatic carbocycles. The summed E-state index contributed by atoms with van der Waals surface area (Å²) in [5, 5.41) is 19.2. The van der Waals surface area contributed by atoms with Crippen molar-refractivity contribution in [1.29, 1.82) is 5.26 Å². The molecular formula is C15H18N2O4S. The summed E-state index contributed by atoms with van der Waals surface area (Å²) in [7, 11) is -2.58. The van der Waals surface area contributed by atoms with Gasteiger partial charge >= 0.3 is 0 Å². The Morgan fingerprint density at radius 3 is 2.23 bits per heavy atom. The summed E-state index contributed by atoms with van der Waals surface area (Å²) >= 11 is 0. The minimum atomic E-state index is -3.72. The minimum Gasteiger partial charge on any atom is -0.387 e. The summed E-state index contributed by atoms with van der Waals surface area (Å²) < 4.78 is 23.6. The molecule has 1 amide bonds. The Hall–Kier alpha value is -2.17. The van der Waals surface area contributed by atoms with Crippen molar-refractivity contribution >= 4 is 15.9 Å². The summed E-state index contributed by atoms with van der Waals surface area (Å²) in [6, 6.07) is 8.02. The molecule has 0 aliphatic heterocycles. The van der Waals surface area contributed by atoms with Crippen LogP contribution in [0.2, 0.25) is 0 Å². The molecule has 7 heteroatoms. The highest BCUT2D eigenvalue weighted by atomic mass is 32.2. The van der Waals surface area contributed by atoms with Gasteiger partial charge in [-0.15, -0.1) is 0 Å². The number of benzene rings is 1. The summed E-state index contributed by atoms with van der Waals surface area (Å²) in [5.41, 5.74) is 1.17. The zero-order chi connectivity index (χ0) is 17.1. The maximum atomic E-state index is 12.3. The Kier molecular flexibility index (Phi) is 5.47. The molecule has 1 rings (SSSR count). The molecule has 0 aliphatic carbocycles. The largest absolute Gasteiger partial charge is 0.387 e. The van der Waals surface area contributed by atoms with Gasteiger partial charge in [-0.1, -0.05) is 24.3 Å². The Morgan fingerprint density at radius 2 is 1.86 bits per heavy atom. The van der Waals surface area contributed by atoms with E-state index in [9.17, 15) is 18.3 Å². The Bertz CT molecular complexity index is 717. The smallest absolute Gasteiger partial charge is 0.245 e. The molecule has 6 nitrogen and oxygen atoms in total. The molecule has 1 N–H and O–H groups in total. The van der Waals surface area contributed by atoms with Crippen molar-refractivity contribution < 1.29 is 18.3 Å². The van der Waals surface area contributed by atoms with Gasteiger partial charge < -0.3 is 5.11 Å². The van der Waals surface area contributed by atoms with Gasteiger partial charge in [-0.05, 0) is 24.6 Å². The van der Waals surface area contributed by atoms with E-state index in [2.05, 4.69) is 6.58 Å². The second kappa shape index (κ2) is 6.73. The number of carbonyl (C=O) groups excluding carboxylic acids is 1. The van der Waals surface area contributed by atoms with E-state index in [-0.39, 0.29) is 0 Å². The van der Waals surface area contributed by atoms with Crippen LogP contribution in [0.25, 0.3) is 0 Å². The van der Waals surface area contributed by atoms with Crippen LogP contribution in [0.5, 0.6) is 0 Å². The number of carbonyl (C=O) groups is 1. The molecule has 1 aromatic rings. The number of aliphatic hydroxyl groups is 1. The third-order valence-electron chi connectivity index (χ3n) is 3.30. The standard InChI is InChI=1S/C15H18N2O4S/c1-10(2)13(15(19)17(3)22(4,20)21)14(18)12-7-5-11(9-16)6-8-12/h5-8,13-14,18H,1H2,2-4H3/t13-,14-/m1/s1. The van der Waals surface area contributed by atoms with Gasteiger partial charge in [0.1, 0.15) is 0 Å². The molecule has 0 unspecified atom stereocenters. The Balaban J connectivity index is 3.17. The summed E-state index contributed by atoms with van der Waals surface area (Å²) in [4.78, 5) is 12.3. The third kappa shape index (κ3) is 3.93. The number of rotatable bonds is 5. The van der Waals surface area contributed by atoms with Crippen LogP contribution in [-0.2, 0) is 14.8 Å². The van der Waals surface area contributed by atoms with Crippen molar-refractivity contribution in [2.24, 2.45) is 5.92 Å². The molecule has 0 aromatic heterocycles. The first kappa shape index (κ1) is 17.9. The van der Waals surface area contributed by atoms with Crippen molar-refractivity contribution in [3.8, 4) is 6.07 Å². The van der Waals surface area contributed by atoms with E-state index in [0.29, 0.717) is 21.0 Å². The van der Waals surface area contributed by atoms with E-state index in [1.165, 1.54) is 24.3 Å². The second-order valence-corrected chi connectivity index (χ2v) is 7.09. The SMILES string of the molecule is C=C(C)[C@@H](C(=O)N(C)S(C)(=O)=O)[C@H](O)c1ccc(C#N)cc1. The summed E-state index contributed by atoms with van der Waals surface area (Å²) in [6.07, 6.45) is -0.337. The van der Waals surface area contributed by atoms with Crippen LogP contribution in [0.3, 0.4) is 0 Å². The summed E-state index contributed by atoms with van der Waals surface area (Å²) in [6.45, 7) is 5.21. The first-order valence-electron chi connectivity index (χ1n) is 6.41. The fourth-order valence-corrected chi connectivity index (χ4v) is 2.36. The zero-order valence-electron chi connectivity index (χ0n) is 12.6. The average molecular weight is 322 g/mol. The van der Waals surface area contributed by atoms with E-state index in [1.807, 2.05) is 6.07 Å². The first-order valence-corrected chi connectivity index (χ1v) is 8.25. The fraction of sp³-hybridized carbons (Fsp3) is 0.333. The molecule has 22 heavy (non-hydrogen) atoms. The molecule has 0 bridgehead atoms. The predicted octanol–water partition coefficient (Wildman–Crippen LogP) is 1.20. The van der Waals surface area contributed by atoms with Gasteiger partial charge in [0.25, 0.3) is 0 Å². The van der Waals surface area contributed by atoms with E-state index in [1.54, 1.807) is 6.92 Å². The number of nitriles is 1. The number of aliphatic hydroxyl groups excluding tert-OH is 1.